The van der Waals surface area contributed by atoms with E-state index in [-0.39, 0.29) is 33.4 Å². The molecule has 0 N–H and O–H groups in total. The second-order valence-electron chi connectivity index (χ2n) is 7.66. The first-order valence-electron chi connectivity index (χ1n) is 10.6. The van der Waals surface area contributed by atoms with Crippen LogP contribution in [0.15, 0.2) is 65.6 Å². The molecule has 0 aliphatic carbocycles. The molecule has 0 aliphatic heterocycles. The van der Waals surface area contributed by atoms with E-state index in [1.807, 2.05) is 0 Å². The van der Waals surface area contributed by atoms with Crippen molar-refractivity contribution in [1.82, 2.24) is 0 Å². The number of benzene rings is 3. The molecule has 14 heteroatoms. The lowest BCUT2D eigenvalue weighted by Gasteiger charge is -2.17. The van der Waals surface area contributed by atoms with Gasteiger partial charge in [0.2, 0.25) is 17.9 Å². The van der Waals surface area contributed by atoms with Gasteiger partial charge in [0.25, 0.3) is 5.69 Å². The monoisotopic (exact) mass is 577 g/mol. The van der Waals surface area contributed by atoms with Crippen LogP contribution in [-0.2, 0) is 31.5 Å². The molecule has 2 atom stereocenters. The van der Waals surface area contributed by atoms with Crippen molar-refractivity contribution in [2.75, 3.05) is 0 Å². The number of hydrogen-bond acceptors (Lipinski definition) is 7. The van der Waals surface area contributed by atoms with Crippen molar-refractivity contribution in [2.45, 2.75) is 36.8 Å². The fourth-order valence-electron chi connectivity index (χ4n) is 3.26. The highest BCUT2D eigenvalue weighted by atomic mass is 35.5. The predicted molar refractivity (Wildman–Crippen MR) is 132 cm³/mol. The number of nitrogens with zero attached hydrogens (tertiary/aromatic N) is 1. The third-order valence-corrected chi connectivity index (χ3v) is 9.01. The lowest BCUT2D eigenvalue weighted by Crippen LogP contribution is -2.20. The Morgan fingerprint density at radius 2 is 1.73 bits per heavy atom. The van der Waals surface area contributed by atoms with Gasteiger partial charge in [0.15, 0.2) is 5.44 Å². The average molecular weight is 578 g/mol. The third-order valence-electron chi connectivity index (χ3n) is 5.24. The Hall–Kier alpha value is -2.92. The van der Waals surface area contributed by atoms with E-state index in [0.29, 0.717) is 6.07 Å². The molecular formula is C23H20ClF3NO7PS. The van der Waals surface area contributed by atoms with Gasteiger partial charge in [-0.3, -0.25) is 14.7 Å². The van der Waals surface area contributed by atoms with Crippen molar-refractivity contribution in [3.8, 4) is 11.5 Å². The van der Waals surface area contributed by atoms with E-state index in [9.17, 15) is 36.3 Å². The maximum atomic E-state index is 13.1. The SMILES string of the molecule is CCc1cc([N+](=O)[O-])c([PH](=O)OC(C)S(=O)(=O)c2ccccc2)cc1Oc1ccc(C(F)(F)F)cc1Cl. The van der Waals surface area contributed by atoms with E-state index in [0.717, 1.165) is 31.2 Å². The summed E-state index contributed by atoms with van der Waals surface area (Å²) in [4.78, 5) is 10.8. The zero-order valence-corrected chi connectivity index (χ0v) is 21.9. The smallest absolute Gasteiger partial charge is 0.416 e. The van der Waals surface area contributed by atoms with E-state index < -0.39 is 51.0 Å². The van der Waals surface area contributed by atoms with Crippen LogP contribution in [-0.4, -0.2) is 18.8 Å². The molecule has 0 aliphatic rings. The first-order valence-corrected chi connectivity index (χ1v) is 13.9. The Morgan fingerprint density at radius 3 is 2.27 bits per heavy atom. The topological polar surface area (TPSA) is 113 Å². The van der Waals surface area contributed by atoms with Crippen LogP contribution in [0.5, 0.6) is 11.5 Å². The number of ether oxygens (including phenoxy) is 1. The molecule has 3 aromatic rings. The number of nitro groups is 1. The standard InChI is InChI=1S/C23H20ClF3NO7PS/c1-3-15-11-19(28(29)30)22(36(31)35-14(2)37(32,33)17-7-5-4-6-8-17)13-21(15)34-20-10-9-16(12-18(20)24)23(25,26)27/h4-14,36H,3H2,1-2H3. The van der Waals surface area contributed by atoms with Gasteiger partial charge in [0, 0.05) is 17.7 Å². The minimum atomic E-state index is -4.63. The maximum absolute atomic E-state index is 13.1. The van der Waals surface area contributed by atoms with Crippen LogP contribution >= 0.6 is 19.6 Å². The molecular weight excluding hydrogens is 558 g/mol. The summed E-state index contributed by atoms with van der Waals surface area (Å²) >= 11 is 5.96. The van der Waals surface area contributed by atoms with Crippen molar-refractivity contribution >= 4 is 40.5 Å². The minimum Gasteiger partial charge on any atom is -0.455 e. The predicted octanol–water partition coefficient (Wildman–Crippen LogP) is 6.56. The molecule has 0 fully saturated rings. The van der Waals surface area contributed by atoms with Crippen LogP contribution in [0.3, 0.4) is 0 Å². The fraction of sp³-hybridized carbons (Fsp3) is 0.217. The van der Waals surface area contributed by atoms with Crippen molar-refractivity contribution in [3.63, 3.8) is 0 Å². The van der Waals surface area contributed by atoms with Gasteiger partial charge in [-0.15, -0.1) is 0 Å². The summed E-state index contributed by atoms with van der Waals surface area (Å²) in [7, 11) is -7.61. The number of alkyl halides is 3. The van der Waals surface area contributed by atoms with Crippen molar-refractivity contribution < 1.29 is 40.3 Å². The molecule has 0 aromatic heterocycles. The summed E-state index contributed by atoms with van der Waals surface area (Å²) in [5.41, 5.74) is -2.93. The molecule has 2 unspecified atom stereocenters. The van der Waals surface area contributed by atoms with Gasteiger partial charge in [0.05, 0.1) is 20.4 Å². The summed E-state index contributed by atoms with van der Waals surface area (Å²) < 4.78 is 88.3. The summed E-state index contributed by atoms with van der Waals surface area (Å²) in [6.45, 7) is 2.80. The van der Waals surface area contributed by atoms with E-state index in [4.69, 9.17) is 20.9 Å². The zero-order chi connectivity index (χ0) is 27.5. The molecule has 37 heavy (non-hydrogen) atoms. The summed E-state index contributed by atoms with van der Waals surface area (Å²) in [6.07, 6.45) is -4.43. The zero-order valence-electron chi connectivity index (χ0n) is 19.3. The Morgan fingerprint density at radius 1 is 1.08 bits per heavy atom. The van der Waals surface area contributed by atoms with Crippen LogP contribution in [0.25, 0.3) is 0 Å². The maximum Gasteiger partial charge on any atom is 0.416 e. The highest BCUT2D eigenvalue weighted by molar-refractivity contribution is 7.92. The van der Waals surface area contributed by atoms with Gasteiger partial charge in [-0.1, -0.05) is 36.7 Å². The van der Waals surface area contributed by atoms with Gasteiger partial charge < -0.3 is 9.26 Å². The summed E-state index contributed by atoms with van der Waals surface area (Å²) in [6, 6.07) is 11.8. The van der Waals surface area contributed by atoms with E-state index in [2.05, 4.69) is 0 Å². The molecule has 3 rings (SSSR count). The third kappa shape index (κ3) is 6.51. The molecule has 0 amide bonds. The number of nitro benzene ring substituents is 1. The Balaban J connectivity index is 1.99. The molecule has 8 nitrogen and oxygen atoms in total. The molecule has 198 valence electrons. The van der Waals surface area contributed by atoms with Gasteiger partial charge in [-0.25, -0.2) is 8.42 Å². The first-order chi connectivity index (χ1) is 17.3. The van der Waals surface area contributed by atoms with Crippen molar-refractivity contribution in [3.05, 3.63) is 86.9 Å². The number of hydrogen-bond donors (Lipinski definition) is 0. The molecule has 3 aromatic carbocycles. The Bertz CT molecular complexity index is 1450. The molecule has 0 radical (unpaired) electrons. The lowest BCUT2D eigenvalue weighted by atomic mass is 10.1. The normalized spacial score (nSPS) is 13.7. The largest absolute Gasteiger partial charge is 0.455 e. The Labute approximate surface area is 215 Å². The van der Waals surface area contributed by atoms with Gasteiger partial charge in [0.1, 0.15) is 16.8 Å². The highest BCUT2D eigenvalue weighted by Gasteiger charge is 2.32. The molecule has 0 saturated heterocycles. The van der Waals surface area contributed by atoms with Gasteiger partial charge in [-0.2, -0.15) is 13.2 Å². The average Bonchev–Trinajstić information content (AvgIpc) is 2.84. The van der Waals surface area contributed by atoms with Crippen LogP contribution in [0, 0.1) is 10.1 Å². The minimum absolute atomic E-state index is 0.0646. The van der Waals surface area contributed by atoms with Crippen molar-refractivity contribution in [2.24, 2.45) is 0 Å². The number of aryl methyl sites for hydroxylation is 1. The fourth-order valence-corrected chi connectivity index (χ4v) is 6.21. The lowest BCUT2D eigenvalue weighted by molar-refractivity contribution is -0.383. The van der Waals surface area contributed by atoms with Crippen LogP contribution in [0.4, 0.5) is 18.9 Å². The summed E-state index contributed by atoms with van der Waals surface area (Å²) in [5.74, 6) is -0.241. The van der Waals surface area contributed by atoms with Crippen molar-refractivity contribution in [1.29, 1.82) is 0 Å². The second-order valence-corrected chi connectivity index (χ2v) is 11.6. The Kier molecular flexibility index (Phi) is 8.69. The molecule has 0 bridgehead atoms. The molecule has 0 heterocycles. The van der Waals surface area contributed by atoms with E-state index in [1.165, 1.54) is 24.3 Å². The summed E-state index contributed by atoms with van der Waals surface area (Å²) in [5, 5.41) is 10.9. The number of rotatable bonds is 9. The highest BCUT2D eigenvalue weighted by Crippen LogP contribution is 2.40. The quantitative estimate of drug-likeness (QED) is 0.161. The van der Waals surface area contributed by atoms with Crippen LogP contribution < -0.4 is 10.0 Å². The molecule has 0 saturated carbocycles. The van der Waals surface area contributed by atoms with Gasteiger partial charge in [-0.05, 0) is 43.7 Å². The molecule has 0 spiro atoms. The number of halogens is 4. The second kappa shape index (κ2) is 11.2. The van der Waals surface area contributed by atoms with Crippen LogP contribution in [0.1, 0.15) is 25.0 Å². The van der Waals surface area contributed by atoms with Gasteiger partial charge >= 0.3 is 6.18 Å². The first kappa shape index (κ1) is 28.6. The number of sulfone groups is 1. The van der Waals surface area contributed by atoms with E-state index >= 15 is 0 Å². The van der Waals surface area contributed by atoms with Crippen LogP contribution in [0.2, 0.25) is 5.02 Å². The van der Waals surface area contributed by atoms with E-state index in [1.54, 1.807) is 13.0 Å².